The average molecular weight is 305 g/mol. The van der Waals surface area contributed by atoms with Gasteiger partial charge in [-0.15, -0.1) is 0 Å². The molecular formula is C17H15N5O. The van der Waals surface area contributed by atoms with E-state index in [1.807, 2.05) is 51.9 Å². The number of aromatic nitrogens is 5. The molecule has 4 heterocycles. The van der Waals surface area contributed by atoms with Crippen molar-refractivity contribution in [1.82, 2.24) is 24.0 Å². The van der Waals surface area contributed by atoms with Crippen molar-refractivity contribution in [3.63, 3.8) is 0 Å². The summed E-state index contributed by atoms with van der Waals surface area (Å²) >= 11 is 0. The molecule has 0 N–H and O–H groups in total. The molecule has 1 saturated carbocycles. The normalized spacial score (nSPS) is 20.2. The summed E-state index contributed by atoms with van der Waals surface area (Å²) in [4.78, 5) is 9.21. The molecule has 23 heavy (non-hydrogen) atoms. The Bertz CT molecular complexity index is 1020. The van der Waals surface area contributed by atoms with Crippen molar-refractivity contribution in [3.05, 3.63) is 60.4 Å². The Morgan fingerprint density at radius 3 is 3.13 bits per heavy atom. The molecule has 5 rings (SSSR count). The van der Waals surface area contributed by atoms with E-state index >= 15 is 0 Å². The fraction of sp³-hybridized carbons (Fsp3) is 0.235. The molecule has 4 aromatic rings. The van der Waals surface area contributed by atoms with Crippen molar-refractivity contribution in [2.24, 2.45) is 0 Å². The zero-order chi connectivity index (χ0) is 15.4. The summed E-state index contributed by atoms with van der Waals surface area (Å²) in [6, 6.07) is 5.79. The largest absolute Gasteiger partial charge is 0.497 e. The van der Waals surface area contributed by atoms with E-state index in [1.165, 1.54) is 5.56 Å². The maximum Gasteiger partial charge on any atom is 0.158 e. The maximum absolute atomic E-state index is 5.26. The Labute approximate surface area is 132 Å². The van der Waals surface area contributed by atoms with Crippen molar-refractivity contribution in [1.29, 1.82) is 0 Å². The van der Waals surface area contributed by atoms with Crippen molar-refractivity contribution < 1.29 is 4.74 Å². The maximum atomic E-state index is 5.26. The van der Waals surface area contributed by atoms with Gasteiger partial charge in [-0.2, -0.15) is 5.10 Å². The second-order valence-corrected chi connectivity index (χ2v) is 5.93. The van der Waals surface area contributed by atoms with Crippen LogP contribution in [0, 0.1) is 0 Å². The molecule has 4 aromatic heterocycles. The van der Waals surface area contributed by atoms with Crippen molar-refractivity contribution >= 4 is 11.3 Å². The van der Waals surface area contributed by atoms with Crippen LogP contribution in [-0.4, -0.2) is 31.1 Å². The van der Waals surface area contributed by atoms with Crippen LogP contribution in [0.4, 0.5) is 0 Å². The number of fused-ring (bicyclic) bond motifs is 2. The highest BCUT2D eigenvalue weighted by molar-refractivity contribution is 5.53. The van der Waals surface area contributed by atoms with E-state index in [0.29, 0.717) is 11.8 Å². The third-order valence-corrected chi connectivity index (χ3v) is 4.56. The monoisotopic (exact) mass is 305 g/mol. The fourth-order valence-electron chi connectivity index (χ4n) is 3.26. The minimum absolute atomic E-state index is 0.441. The molecule has 2 unspecified atom stereocenters. The third-order valence-electron chi connectivity index (χ3n) is 4.56. The lowest BCUT2D eigenvalue weighted by Crippen LogP contribution is -1.89. The van der Waals surface area contributed by atoms with Gasteiger partial charge < -0.3 is 9.14 Å². The van der Waals surface area contributed by atoms with E-state index in [-0.39, 0.29) is 0 Å². The van der Waals surface area contributed by atoms with Crippen molar-refractivity contribution in [2.75, 3.05) is 7.11 Å². The van der Waals surface area contributed by atoms with E-state index in [9.17, 15) is 0 Å². The number of hydrogen-bond donors (Lipinski definition) is 0. The van der Waals surface area contributed by atoms with Gasteiger partial charge in [0.2, 0.25) is 0 Å². The standard InChI is InChI=1S/C17H15N5O/c1-23-11-3-6-21-10-15(20-16(21)7-11)13-8-12(13)14-9-19-22-5-2-4-18-17(14)22/h2-7,9-10,12-13H,8H2,1H3. The average Bonchev–Trinajstić information content (AvgIpc) is 3.08. The Kier molecular flexibility index (Phi) is 2.50. The summed E-state index contributed by atoms with van der Waals surface area (Å²) < 4.78 is 9.14. The molecule has 0 spiro atoms. The quantitative estimate of drug-likeness (QED) is 0.584. The number of ether oxygens (including phenoxy) is 1. The molecule has 1 fully saturated rings. The number of hydrogen-bond acceptors (Lipinski definition) is 4. The van der Waals surface area contributed by atoms with Gasteiger partial charge in [-0.25, -0.2) is 14.5 Å². The van der Waals surface area contributed by atoms with Crippen LogP contribution in [0.2, 0.25) is 0 Å². The first-order chi connectivity index (χ1) is 11.3. The smallest absolute Gasteiger partial charge is 0.158 e. The van der Waals surface area contributed by atoms with Gasteiger partial charge >= 0.3 is 0 Å². The lowest BCUT2D eigenvalue weighted by Gasteiger charge is -1.98. The minimum Gasteiger partial charge on any atom is -0.497 e. The predicted molar refractivity (Wildman–Crippen MR) is 84.8 cm³/mol. The first-order valence-electron chi connectivity index (χ1n) is 7.64. The zero-order valence-corrected chi connectivity index (χ0v) is 12.6. The van der Waals surface area contributed by atoms with E-state index in [4.69, 9.17) is 9.72 Å². The highest BCUT2D eigenvalue weighted by Crippen LogP contribution is 2.54. The van der Waals surface area contributed by atoms with Gasteiger partial charge in [0.25, 0.3) is 0 Å². The Balaban J connectivity index is 1.50. The lowest BCUT2D eigenvalue weighted by molar-refractivity contribution is 0.414. The van der Waals surface area contributed by atoms with Gasteiger partial charge in [0.1, 0.15) is 11.4 Å². The summed E-state index contributed by atoms with van der Waals surface area (Å²) in [5.74, 6) is 1.72. The highest BCUT2D eigenvalue weighted by Gasteiger charge is 2.43. The zero-order valence-electron chi connectivity index (χ0n) is 12.6. The fourth-order valence-corrected chi connectivity index (χ4v) is 3.26. The van der Waals surface area contributed by atoms with Crippen LogP contribution >= 0.6 is 0 Å². The first kappa shape index (κ1) is 12.6. The van der Waals surface area contributed by atoms with Crippen LogP contribution in [0.15, 0.2) is 49.2 Å². The molecule has 6 nitrogen and oxygen atoms in total. The van der Waals surface area contributed by atoms with E-state index < -0.39 is 0 Å². The molecule has 0 aromatic carbocycles. The Morgan fingerprint density at radius 1 is 1.26 bits per heavy atom. The van der Waals surface area contributed by atoms with Gasteiger partial charge in [0, 0.05) is 42.3 Å². The van der Waals surface area contributed by atoms with Crippen LogP contribution < -0.4 is 4.74 Å². The summed E-state index contributed by atoms with van der Waals surface area (Å²) in [5.41, 5.74) is 4.21. The van der Waals surface area contributed by atoms with Gasteiger partial charge in [-0.05, 0) is 24.5 Å². The van der Waals surface area contributed by atoms with Crippen LogP contribution in [0.1, 0.15) is 29.5 Å². The SMILES string of the molecule is COc1ccn2cc(C3CC3c3cnn4cccnc34)nc2c1. The summed E-state index contributed by atoms with van der Waals surface area (Å²) in [6.07, 6.45) is 10.9. The summed E-state index contributed by atoms with van der Waals surface area (Å²) in [5, 5.41) is 4.39. The predicted octanol–water partition coefficient (Wildman–Crippen LogP) is 2.66. The first-order valence-corrected chi connectivity index (χ1v) is 7.64. The molecule has 0 bridgehead atoms. The number of rotatable bonds is 3. The molecule has 1 aliphatic carbocycles. The minimum atomic E-state index is 0.441. The molecule has 1 aliphatic rings. The molecular weight excluding hydrogens is 290 g/mol. The molecule has 114 valence electrons. The molecule has 0 radical (unpaired) electrons. The van der Waals surface area contributed by atoms with Gasteiger partial charge in [-0.3, -0.25) is 0 Å². The Morgan fingerprint density at radius 2 is 2.22 bits per heavy atom. The van der Waals surface area contributed by atoms with E-state index in [2.05, 4.69) is 16.3 Å². The second kappa shape index (κ2) is 4.55. The number of pyridine rings is 1. The van der Waals surface area contributed by atoms with Crippen LogP contribution in [0.5, 0.6) is 5.75 Å². The topological polar surface area (TPSA) is 56.7 Å². The molecule has 0 amide bonds. The molecule has 6 heteroatoms. The number of methoxy groups -OCH3 is 1. The summed E-state index contributed by atoms with van der Waals surface area (Å²) in [7, 11) is 1.67. The third kappa shape index (κ3) is 1.91. The van der Waals surface area contributed by atoms with Gasteiger partial charge in [0.05, 0.1) is 19.0 Å². The summed E-state index contributed by atoms with van der Waals surface area (Å²) in [6.45, 7) is 0. The van der Waals surface area contributed by atoms with Gasteiger partial charge in [-0.1, -0.05) is 0 Å². The second-order valence-electron chi connectivity index (χ2n) is 5.93. The van der Waals surface area contributed by atoms with Crippen molar-refractivity contribution in [3.8, 4) is 5.75 Å². The van der Waals surface area contributed by atoms with Crippen LogP contribution in [0.3, 0.4) is 0 Å². The van der Waals surface area contributed by atoms with Gasteiger partial charge in [0.15, 0.2) is 5.65 Å². The highest BCUT2D eigenvalue weighted by atomic mass is 16.5. The molecule has 2 atom stereocenters. The number of nitrogens with zero attached hydrogens (tertiary/aromatic N) is 5. The lowest BCUT2D eigenvalue weighted by atomic mass is 10.1. The van der Waals surface area contributed by atoms with E-state index in [0.717, 1.165) is 29.2 Å². The van der Waals surface area contributed by atoms with Crippen LogP contribution in [0.25, 0.3) is 11.3 Å². The van der Waals surface area contributed by atoms with Crippen molar-refractivity contribution in [2.45, 2.75) is 18.3 Å². The van der Waals surface area contributed by atoms with Crippen LogP contribution in [-0.2, 0) is 0 Å². The van der Waals surface area contributed by atoms with E-state index in [1.54, 1.807) is 7.11 Å². The number of imidazole rings is 1. The molecule has 0 saturated heterocycles. The molecule has 0 aliphatic heterocycles. The Hall–Kier alpha value is -2.89.